The molecule has 0 aromatic heterocycles. The number of hydrogen-bond acceptors (Lipinski definition) is 4. The molecule has 0 saturated carbocycles. The van der Waals surface area contributed by atoms with Gasteiger partial charge in [-0.25, -0.2) is 22.1 Å². The number of ether oxygens (including phenoxy) is 1. The summed E-state index contributed by atoms with van der Waals surface area (Å²) in [6.07, 6.45) is -0.217. The predicted molar refractivity (Wildman–Crippen MR) is 107 cm³/mol. The van der Waals surface area contributed by atoms with Gasteiger partial charge in [0.1, 0.15) is 17.7 Å². The third kappa shape index (κ3) is 8.57. The summed E-state index contributed by atoms with van der Waals surface area (Å²) in [5.41, 5.74) is 0. The molecular formula is C18H31FN4O3S. The van der Waals surface area contributed by atoms with Crippen LogP contribution < -0.4 is 15.4 Å². The molecule has 0 amide bonds. The van der Waals surface area contributed by atoms with Gasteiger partial charge in [-0.3, -0.25) is 0 Å². The minimum Gasteiger partial charge on any atom is -0.489 e. The standard InChI is InChI=1S/C18H31FN4O3S/c1-5-20-18(21-12-13-27(24,25)23(6-2)7-3)22-14-15(4)26-17-10-8-16(19)9-11-17/h8-11,15H,5-7,12-14H2,1-4H3,(H2,20,21,22). The zero-order valence-electron chi connectivity index (χ0n) is 16.5. The highest BCUT2D eigenvalue weighted by molar-refractivity contribution is 7.89. The summed E-state index contributed by atoms with van der Waals surface area (Å²) in [6, 6.07) is 5.81. The molecule has 1 rings (SSSR count). The largest absolute Gasteiger partial charge is 0.489 e. The van der Waals surface area contributed by atoms with Gasteiger partial charge >= 0.3 is 0 Å². The van der Waals surface area contributed by atoms with Gasteiger partial charge in [0.05, 0.1) is 12.3 Å². The Morgan fingerprint density at radius 3 is 2.37 bits per heavy atom. The number of benzene rings is 1. The van der Waals surface area contributed by atoms with Crippen molar-refractivity contribution >= 4 is 16.0 Å². The Bertz CT molecular complexity index is 676. The second-order valence-electron chi connectivity index (χ2n) is 5.93. The summed E-state index contributed by atoms with van der Waals surface area (Å²) >= 11 is 0. The lowest BCUT2D eigenvalue weighted by molar-refractivity contribution is 0.230. The van der Waals surface area contributed by atoms with Gasteiger partial charge in [0.25, 0.3) is 0 Å². The van der Waals surface area contributed by atoms with Crippen LogP contribution in [0, 0.1) is 5.82 Å². The van der Waals surface area contributed by atoms with E-state index in [1.807, 2.05) is 27.7 Å². The number of halogens is 1. The Kier molecular flexibility index (Phi) is 10.1. The molecule has 154 valence electrons. The fourth-order valence-electron chi connectivity index (χ4n) is 2.39. The predicted octanol–water partition coefficient (Wildman–Crippen LogP) is 1.82. The van der Waals surface area contributed by atoms with Gasteiger partial charge in [-0.15, -0.1) is 0 Å². The molecule has 0 aliphatic carbocycles. The van der Waals surface area contributed by atoms with Gasteiger partial charge < -0.3 is 15.4 Å². The molecule has 0 bridgehead atoms. The quantitative estimate of drug-likeness (QED) is 0.436. The third-order valence-corrected chi connectivity index (χ3v) is 5.78. The van der Waals surface area contributed by atoms with Crippen molar-refractivity contribution in [1.29, 1.82) is 0 Å². The number of nitrogens with zero attached hydrogens (tertiary/aromatic N) is 2. The van der Waals surface area contributed by atoms with Gasteiger partial charge in [-0.05, 0) is 38.1 Å². The monoisotopic (exact) mass is 402 g/mol. The van der Waals surface area contributed by atoms with Crippen LogP contribution in [0.4, 0.5) is 4.39 Å². The van der Waals surface area contributed by atoms with Crippen LogP contribution in [0.5, 0.6) is 5.75 Å². The Labute approximate surface area is 162 Å². The van der Waals surface area contributed by atoms with E-state index in [2.05, 4.69) is 15.6 Å². The number of nitrogens with one attached hydrogen (secondary N) is 2. The van der Waals surface area contributed by atoms with Crippen molar-refractivity contribution in [2.75, 3.05) is 38.5 Å². The van der Waals surface area contributed by atoms with Crippen molar-refractivity contribution in [3.8, 4) is 5.75 Å². The highest BCUT2D eigenvalue weighted by Crippen LogP contribution is 2.13. The molecule has 1 atom stereocenters. The zero-order chi connectivity index (χ0) is 20.3. The first-order chi connectivity index (χ1) is 12.8. The molecular weight excluding hydrogens is 371 g/mol. The number of rotatable bonds is 11. The molecule has 0 radical (unpaired) electrons. The van der Waals surface area contributed by atoms with Crippen molar-refractivity contribution in [1.82, 2.24) is 14.9 Å². The van der Waals surface area contributed by atoms with Crippen LogP contribution in [0.25, 0.3) is 0 Å². The fraction of sp³-hybridized carbons (Fsp3) is 0.611. The normalized spacial score (nSPS) is 13.5. The number of guanidine groups is 1. The molecule has 0 saturated heterocycles. The molecule has 0 aliphatic rings. The molecule has 0 aliphatic heterocycles. The van der Waals surface area contributed by atoms with E-state index < -0.39 is 10.0 Å². The molecule has 0 spiro atoms. The number of hydrogen-bond donors (Lipinski definition) is 2. The van der Waals surface area contributed by atoms with Gasteiger partial charge in [0.2, 0.25) is 10.0 Å². The Hall–Kier alpha value is -1.87. The summed E-state index contributed by atoms with van der Waals surface area (Å²) in [7, 11) is -3.28. The van der Waals surface area contributed by atoms with Crippen LogP contribution in [0.3, 0.4) is 0 Å². The van der Waals surface area contributed by atoms with Crippen molar-refractivity contribution in [2.24, 2.45) is 4.99 Å². The molecule has 0 fully saturated rings. The summed E-state index contributed by atoms with van der Waals surface area (Å²) in [6.45, 7) is 9.65. The Morgan fingerprint density at radius 1 is 1.19 bits per heavy atom. The summed E-state index contributed by atoms with van der Waals surface area (Å²) in [4.78, 5) is 4.42. The number of aliphatic imine (C=N–C) groups is 1. The van der Waals surface area contributed by atoms with E-state index in [0.717, 1.165) is 0 Å². The zero-order valence-corrected chi connectivity index (χ0v) is 17.4. The van der Waals surface area contributed by atoms with E-state index in [-0.39, 0.29) is 24.2 Å². The maximum Gasteiger partial charge on any atom is 0.215 e. The third-order valence-electron chi connectivity index (χ3n) is 3.75. The highest BCUT2D eigenvalue weighted by atomic mass is 32.2. The first-order valence-corrected chi connectivity index (χ1v) is 10.9. The SMILES string of the molecule is CCNC(=NCC(C)Oc1ccc(F)cc1)NCCS(=O)(=O)N(CC)CC. The lowest BCUT2D eigenvalue weighted by atomic mass is 10.3. The van der Waals surface area contributed by atoms with E-state index in [1.54, 1.807) is 12.1 Å². The highest BCUT2D eigenvalue weighted by Gasteiger charge is 2.18. The minimum absolute atomic E-state index is 0.000722. The van der Waals surface area contributed by atoms with Crippen LogP contribution in [-0.4, -0.2) is 63.3 Å². The van der Waals surface area contributed by atoms with Crippen molar-refractivity contribution in [3.63, 3.8) is 0 Å². The number of sulfonamides is 1. The van der Waals surface area contributed by atoms with Crippen LogP contribution in [0.2, 0.25) is 0 Å². The van der Waals surface area contributed by atoms with Gasteiger partial charge in [0, 0.05) is 26.2 Å². The second-order valence-corrected chi connectivity index (χ2v) is 8.02. The molecule has 7 nitrogen and oxygen atoms in total. The van der Waals surface area contributed by atoms with E-state index in [9.17, 15) is 12.8 Å². The maximum absolute atomic E-state index is 12.9. The summed E-state index contributed by atoms with van der Waals surface area (Å²) < 4.78 is 44.5. The van der Waals surface area contributed by atoms with E-state index in [4.69, 9.17) is 4.74 Å². The van der Waals surface area contributed by atoms with E-state index in [0.29, 0.717) is 37.9 Å². The topological polar surface area (TPSA) is 83.0 Å². The second kappa shape index (κ2) is 11.8. The summed E-state index contributed by atoms with van der Waals surface area (Å²) in [5.74, 6) is 0.788. The van der Waals surface area contributed by atoms with Gasteiger partial charge in [0.15, 0.2) is 5.96 Å². The molecule has 1 aromatic rings. The molecule has 9 heteroatoms. The van der Waals surface area contributed by atoms with Crippen molar-refractivity contribution in [3.05, 3.63) is 30.1 Å². The lowest BCUT2D eigenvalue weighted by Crippen LogP contribution is -2.42. The summed E-state index contributed by atoms with van der Waals surface area (Å²) in [5, 5.41) is 6.11. The Balaban J connectivity index is 2.54. The van der Waals surface area contributed by atoms with Crippen LogP contribution >= 0.6 is 0 Å². The van der Waals surface area contributed by atoms with E-state index >= 15 is 0 Å². The molecule has 1 unspecified atom stereocenters. The first kappa shape index (κ1) is 23.2. The molecule has 0 heterocycles. The Morgan fingerprint density at radius 2 is 1.81 bits per heavy atom. The first-order valence-electron chi connectivity index (χ1n) is 9.24. The van der Waals surface area contributed by atoms with Crippen LogP contribution in [0.1, 0.15) is 27.7 Å². The van der Waals surface area contributed by atoms with Crippen LogP contribution in [-0.2, 0) is 10.0 Å². The lowest BCUT2D eigenvalue weighted by Gasteiger charge is -2.19. The molecule has 1 aromatic carbocycles. The van der Waals surface area contributed by atoms with Crippen molar-refractivity contribution in [2.45, 2.75) is 33.8 Å². The van der Waals surface area contributed by atoms with Crippen LogP contribution in [0.15, 0.2) is 29.3 Å². The fourth-order valence-corrected chi connectivity index (χ4v) is 3.79. The smallest absolute Gasteiger partial charge is 0.215 e. The average molecular weight is 403 g/mol. The van der Waals surface area contributed by atoms with E-state index in [1.165, 1.54) is 16.4 Å². The average Bonchev–Trinajstić information content (AvgIpc) is 2.62. The van der Waals surface area contributed by atoms with Gasteiger partial charge in [-0.2, -0.15) is 0 Å². The molecule has 27 heavy (non-hydrogen) atoms. The van der Waals surface area contributed by atoms with Crippen molar-refractivity contribution < 1.29 is 17.5 Å². The maximum atomic E-state index is 12.9. The minimum atomic E-state index is -3.28. The van der Waals surface area contributed by atoms with Gasteiger partial charge in [-0.1, -0.05) is 13.8 Å². The molecule has 2 N–H and O–H groups in total.